The van der Waals surface area contributed by atoms with E-state index in [2.05, 4.69) is 0 Å². The number of likely N-dealkylation sites (tertiary alicyclic amines) is 1. The fourth-order valence-electron chi connectivity index (χ4n) is 3.33. The number of carbonyl (C=O) groups is 2. The van der Waals surface area contributed by atoms with Crippen LogP contribution in [0.5, 0.6) is 17.2 Å². The second kappa shape index (κ2) is 6.35. The minimum atomic E-state index is -0.728. The molecular weight excluding hydrogens is 350 g/mol. The second-order valence-corrected chi connectivity index (χ2v) is 6.25. The Kier molecular flexibility index (Phi) is 3.99. The lowest BCUT2D eigenvalue weighted by Crippen LogP contribution is -2.24. The van der Waals surface area contributed by atoms with Gasteiger partial charge in [0.15, 0.2) is 11.5 Å². The molecule has 0 radical (unpaired) electrons. The van der Waals surface area contributed by atoms with Crippen LogP contribution in [0.2, 0.25) is 0 Å². The molecule has 7 nitrogen and oxygen atoms in total. The third-order valence-corrected chi connectivity index (χ3v) is 4.75. The molecule has 1 fully saturated rings. The molecule has 1 N–H and O–H groups in total. The van der Waals surface area contributed by atoms with Crippen LogP contribution in [0.15, 0.2) is 48.0 Å². The Morgan fingerprint density at radius 3 is 2.52 bits per heavy atom. The fraction of sp³-hybridized carbons (Fsp3) is 0.200. The average Bonchev–Trinajstić information content (AvgIpc) is 3.25. The molecule has 2 aromatic carbocycles. The Labute approximate surface area is 155 Å². The summed E-state index contributed by atoms with van der Waals surface area (Å²) in [6.45, 7) is 0.122. The molecule has 2 aliphatic heterocycles. The molecule has 1 amide bonds. The predicted molar refractivity (Wildman–Crippen MR) is 95.6 cm³/mol. The van der Waals surface area contributed by atoms with Gasteiger partial charge in [-0.25, -0.2) is 0 Å². The smallest absolute Gasteiger partial charge is 0.295 e. The molecule has 0 spiro atoms. The molecular formula is C20H17NO6. The number of aliphatic hydroxyl groups is 1. The Balaban J connectivity index is 1.82. The summed E-state index contributed by atoms with van der Waals surface area (Å²) in [5, 5.41) is 10.8. The maximum Gasteiger partial charge on any atom is 0.295 e. The molecule has 2 aromatic rings. The lowest BCUT2D eigenvalue weighted by molar-refractivity contribution is -0.139. The SMILES string of the molecule is COc1ccc(C(O)=C2C(=O)C(=O)N(C)C2c2ccc3c(c2)OCO3)cc1. The Morgan fingerprint density at radius 1 is 1.11 bits per heavy atom. The number of amides is 1. The molecule has 0 aromatic heterocycles. The van der Waals surface area contributed by atoms with E-state index in [9.17, 15) is 14.7 Å². The summed E-state index contributed by atoms with van der Waals surface area (Å²) in [7, 11) is 3.07. The number of Topliss-reactive ketones (excluding diaryl/α,β-unsaturated/α-hetero) is 1. The molecule has 1 unspecified atom stereocenters. The zero-order valence-corrected chi connectivity index (χ0v) is 14.8. The number of rotatable bonds is 3. The summed E-state index contributed by atoms with van der Waals surface area (Å²) in [5.41, 5.74) is 1.11. The van der Waals surface area contributed by atoms with Crippen molar-refractivity contribution < 1.29 is 28.9 Å². The first-order valence-electron chi connectivity index (χ1n) is 8.30. The summed E-state index contributed by atoms with van der Waals surface area (Å²) in [6.07, 6.45) is 0. The highest BCUT2D eigenvalue weighted by atomic mass is 16.7. The number of carbonyl (C=O) groups excluding carboxylic acids is 2. The predicted octanol–water partition coefficient (Wildman–Crippen LogP) is 2.48. The van der Waals surface area contributed by atoms with Crippen molar-refractivity contribution in [2.45, 2.75) is 6.04 Å². The van der Waals surface area contributed by atoms with Crippen molar-refractivity contribution in [1.29, 1.82) is 0 Å². The first kappa shape index (κ1) is 17.0. The minimum Gasteiger partial charge on any atom is -0.507 e. The molecule has 0 bridgehead atoms. The number of likely N-dealkylation sites (N-methyl/N-ethyl adjacent to an activating group) is 1. The van der Waals surface area contributed by atoms with Crippen molar-refractivity contribution in [1.82, 2.24) is 4.90 Å². The second-order valence-electron chi connectivity index (χ2n) is 6.25. The van der Waals surface area contributed by atoms with Crippen molar-refractivity contribution >= 4 is 17.4 Å². The number of hydrogen-bond acceptors (Lipinski definition) is 6. The molecule has 1 atom stereocenters. The topological polar surface area (TPSA) is 85.3 Å². The first-order valence-corrected chi connectivity index (χ1v) is 8.30. The highest BCUT2D eigenvalue weighted by Gasteiger charge is 2.44. The van der Waals surface area contributed by atoms with Crippen LogP contribution in [0.1, 0.15) is 17.2 Å². The van der Waals surface area contributed by atoms with Gasteiger partial charge in [0.05, 0.1) is 18.7 Å². The van der Waals surface area contributed by atoms with Crippen LogP contribution in [0.3, 0.4) is 0 Å². The van der Waals surface area contributed by atoms with Gasteiger partial charge < -0.3 is 24.2 Å². The van der Waals surface area contributed by atoms with E-state index in [-0.39, 0.29) is 18.1 Å². The fourth-order valence-corrected chi connectivity index (χ4v) is 3.33. The number of benzene rings is 2. The lowest BCUT2D eigenvalue weighted by atomic mass is 9.95. The van der Waals surface area contributed by atoms with Gasteiger partial charge in [0.25, 0.3) is 11.7 Å². The van der Waals surface area contributed by atoms with E-state index in [0.29, 0.717) is 28.4 Å². The maximum atomic E-state index is 12.6. The molecule has 4 rings (SSSR count). The molecule has 7 heteroatoms. The zero-order chi connectivity index (χ0) is 19.1. The first-order chi connectivity index (χ1) is 13.0. The number of hydrogen-bond donors (Lipinski definition) is 1. The number of nitrogens with zero attached hydrogens (tertiary/aromatic N) is 1. The zero-order valence-electron chi connectivity index (χ0n) is 14.8. The van der Waals surface area contributed by atoms with Crippen molar-refractivity contribution in [2.75, 3.05) is 21.0 Å². The van der Waals surface area contributed by atoms with Gasteiger partial charge in [0.1, 0.15) is 11.5 Å². The monoisotopic (exact) mass is 367 g/mol. The maximum absolute atomic E-state index is 12.6. The van der Waals surface area contributed by atoms with E-state index in [1.54, 1.807) is 42.5 Å². The third kappa shape index (κ3) is 2.68. The standard InChI is InChI=1S/C20H17NO6/c1-21-17(12-5-8-14-15(9-12)27-10-26-14)16(19(23)20(21)24)18(22)11-3-6-13(25-2)7-4-11/h3-9,17,22H,10H2,1-2H3. The summed E-state index contributed by atoms with van der Waals surface area (Å²) in [6, 6.07) is 11.1. The molecule has 2 aliphatic rings. The van der Waals surface area contributed by atoms with E-state index < -0.39 is 17.7 Å². The van der Waals surface area contributed by atoms with E-state index in [1.165, 1.54) is 19.1 Å². The Hall–Kier alpha value is -3.48. The summed E-state index contributed by atoms with van der Waals surface area (Å²) in [4.78, 5) is 26.2. The van der Waals surface area contributed by atoms with Crippen molar-refractivity contribution in [3.63, 3.8) is 0 Å². The van der Waals surface area contributed by atoms with Gasteiger partial charge in [-0.1, -0.05) is 6.07 Å². The van der Waals surface area contributed by atoms with Crippen LogP contribution >= 0.6 is 0 Å². The largest absolute Gasteiger partial charge is 0.507 e. The van der Waals surface area contributed by atoms with Gasteiger partial charge >= 0.3 is 0 Å². The highest BCUT2D eigenvalue weighted by molar-refractivity contribution is 6.46. The van der Waals surface area contributed by atoms with Gasteiger partial charge in [-0.15, -0.1) is 0 Å². The molecule has 1 saturated heterocycles. The molecule has 0 saturated carbocycles. The van der Waals surface area contributed by atoms with E-state index in [4.69, 9.17) is 14.2 Å². The van der Waals surface area contributed by atoms with Crippen molar-refractivity contribution in [3.05, 3.63) is 59.2 Å². The third-order valence-electron chi connectivity index (χ3n) is 4.75. The Bertz CT molecular complexity index is 963. The van der Waals surface area contributed by atoms with Crippen molar-refractivity contribution in [2.24, 2.45) is 0 Å². The minimum absolute atomic E-state index is 0.0338. The highest BCUT2D eigenvalue weighted by Crippen LogP contribution is 2.42. The van der Waals surface area contributed by atoms with Crippen LogP contribution in [0.4, 0.5) is 0 Å². The van der Waals surface area contributed by atoms with Gasteiger partial charge in [0, 0.05) is 12.6 Å². The van der Waals surface area contributed by atoms with E-state index >= 15 is 0 Å². The van der Waals surface area contributed by atoms with Crippen LogP contribution in [0.25, 0.3) is 5.76 Å². The quantitative estimate of drug-likeness (QED) is 0.510. The number of methoxy groups -OCH3 is 1. The van der Waals surface area contributed by atoms with Crippen molar-refractivity contribution in [3.8, 4) is 17.2 Å². The normalized spacial score (nSPS) is 20.2. The summed E-state index contributed by atoms with van der Waals surface area (Å²) in [5.74, 6) is 0.122. The van der Waals surface area contributed by atoms with Crippen LogP contribution in [-0.4, -0.2) is 42.6 Å². The molecule has 138 valence electrons. The molecule has 27 heavy (non-hydrogen) atoms. The average molecular weight is 367 g/mol. The van der Waals surface area contributed by atoms with Gasteiger partial charge in [0.2, 0.25) is 6.79 Å². The molecule has 2 heterocycles. The number of ketones is 1. The summed E-state index contributed by atoms with van der Waals surface area (Å²) < 4.78 is 15.8. The summed E-state index contributed by atoms with van der Waals surface area (Å²) >= 11 is 0. The lowest BCUT2D eigenvalue weighted by Gasteiger charge is -2.21. The number of ether oxygens (including phenoxy) is 3. The number of aliphatic hydroxyl groups excluding tert-OH is 1. The van der Waals surface area contributed by atoms with Crippen LogP contribution < -0.4 is 14.2 Å². The Morgan fingerprint density at radius 2 is 1.81 bits per heavy atom. The van der Waals surface area contributed by atoms with Crippen LogP contribution in [-0.2, 0) is 9.59 Å². The van der Waals surface area contributed by atoms with E-state index in [1.807, 2.05) is 0 Å². The number of fused-ring (bicyclic) bond motifs is 1. The van der Waals surface area contributed by atoms with Gasteiger partial charge in [-0.3, -0.25) is 9.59 Å². The van der Waals surface area contributed by atoms with E-state index in [0.717, 1.165) is 0 Å². The molecule has 0 aliphatic carbocycles. The van der Waals surface area contributed by atoms with Gasteiger partial charge in [-0.2, -0.15) is 0 Å². The van der Waals surface area contributed by atoms with Crippen LogP contribution in [0, 0.1) is 0 Å². The van der Waals surface area contributed by atoms with Gasteiger partial charge in [-0.05, 0) is 42.0 Å².